The third kappa shape index (κ3) is 24.6. The Morgan fingerprint density at radius 2 is 0.848 bits per heavy atom. The van der Waals surface area contributed by atoms with E-state index in [9.17, 15) is 28.8 Å². The van der Waals surface area contributed by atoms with Gasteiger partial charge in [0.2, 0.25) is 0 Å². The van der Waals surface area contributed by atoms with Gasteiger partial charge in [-0.2, -0.15) is 0 Å². The summed E-state index contributed by atoms with van der Waals surface area (Å²) in [4.78, 5) is 61.8. The minimum atomic E-state index is -1.02. The fourth-order valence-electron chi connectivity index (χ4n) is 2.07. The Morgan fingerprint density at radius 1 is 0.636 bits per heavy atom. The molecule has 11 heteroatoms. The van der Waals surface area contributed by atoms with Crippen LogP contribution in [-0.4, -0.2) is 57.2 Å². The van der Waals surface area contributed by atoms with Crippen LogP contribution < -0.4 is 0 Å². The van der Waals surface area contributed by atoms with Crippen molar-refractivity contribution in [3.8, 4) is 0 Å². The summed E-state index contributed by atoms with van der Waals surface area (Å²) in [7, 11) is 0. The van der Waals surface area contributed by atoms with Crippen LogP contribution >= 0.6 is 0 Å². The predicted molar refractivity (Wildman–Crippen MR) is 117 cm³/mol. The molecule has 0 bridgehead atoms. The van der Waals surface area contributed by atoms with Gasteiger partial charge in [0.1, 0.15) is 35.1 Å². The van der Waals surface area contributed by atoms with E-state index in [-0.39, 0.29) is 17.3 Å². The van der Waals surface area contributed by atoms with Crippen LogP contribution in [0.25, 0.3) is 0 Å². The fraction of sp³-hybridized carbons (Fsp3) is 0.727. The Hall–Kier alpha value is -1.91. The summed E-state index contributed by atoms with van der Waals surface area (Å²) < 4.78 is 4.80. The number of ketones is 3. The molecular weight excluding hydrogens is 472 g/mol. The molecule has 33 heavy (non-hydrogen) atoms. The Morgan fingerprint density at radius 3 is 0.848 bits per heavy atom. The third-order valence-corrected chi connectivity index (χ3v) is 4.27. The summed E-state index contributed by atoms with van der Waals surface area (Å²) in [6.07, 6.45) is 1.14. The van der Waals surface area contributed by atoms with Crippen molar-refractivity contribution >= 4 is 35.3 Å². The van der Waals surface area contributed by atoms with Crippen LogP contribution in [0.2, 0.25) is 0 Å². The Bertz CT molecular complexity index is 498. The summed E-state index contributed by atoms with van der Waals surface area (Å²) in [6, 6.07) is 0. The summed E-state index contributed by atoms with van der Waals surface area (Å²) in [5.74, 6) is -5.62. The van der Waals surface area contributed by atoms with Crippen molar-refractivity contribution < 1.29 is 68.2 Å². The van der Waals surface area contributed by atoms with Crippen LogP contribution in [0.1, 0.15) is 74.7 Å². The topological polar surface area (TPSA) is 172 Å². The van der Waals surface area contributed by atoms with Gasteiger partial charge in [0.25, 0.3) is 0 Å². The Balaban J connectivity index is -0.000000172. The molecule has 0 aliphatic carbocycles. The van der Waals surface area contributed by atoms with Crippen molar-refractivity contribution in [1.29, 1.82) is 0 Å². The summed E-state index contributed by atoms with van der Waals surface area (Å²) in [6.45, 7) is 14.1. The van der Waals surface area contributed by atoms with E-state index in [2.05, 4.69) is 13.8 Å². The SMILES string of the molecule is CC(C)C[O][Ti].CCC(C(C)=O)C(=O)O.CCC(C(C)=O)C(=O)O.CCC(C(C)=O)C(=O)O. The maximum absolute atomic E-state index is 10.4. The van der Waals surface area contributed by atoms with Crippen molar-refractivity contribution in [2.45, 2.75) is 74.7 Å². The first-order chi connectivity index (χ1) is 15.0. The van der Waals surface area contributed by atoms with E-state index in [0.29, 0.717) is 25.2 Å². The van der Waals surface area contributed by atoms with Gasteiger partial charge in [-0.15, -0.1) is 0 Å². The molecule has 0 aliphatic rings. The molecule has 0 radical (unpaired) electrons. The molecule has 0 aromatic heterocycles. The molecule has 0 amide bonds. The smallest absolute Gasteiger partial charge is 0.314 e. The van der Waals surface area contributed by atoms with Gasteiger partial charge in [0, 0.05) is 0 Å². The molecular formula is C22H39O10Ti. The standard InChI is InChI=1S/3C6H10O3.C4H9O.Ti/c3*1-3-5(4(2)7)6(8)9;1-4(2)3-5;/h3*5H,3H2,1-2H3,(H,8,9);4H,3H2,1-2H3;/q;;;-1;+1. The molecule has 0 aliphatic heterocycles. The van der Waals surface area contributed by atoms with Crippen molar-refractivity contribution in [1.82, 2.24) is 0 Å². The normalized spacial score (nSPS) is 12.1. The maximum Gasteiger partial charge on any atom is 0.314 e. The van der Waals surface area contributed by atoms with Crippen molar-refractivity contribution in [2.75, 3.05) is 6.61 Å². The van der Waals surface area contributed by atoms with Crippen molar-refractivity contribution in [3.63, 3.8) is 0 Å². The number of rotatable bonds is 11. The molecule has 3 atom stereocenters. The van der Waals surface area contributed by atoms with E-state index >= 15 is 0 Å². The van der Waals surface area contributed by atoms with Crippen LogP contribution in [0.5, 0.6) is 0 Å². The molecule has 0 aromatic carbocycles. The van der Waals surface area contributed by atoms with E-state index in [0.717, 1.165) is 6.61 Å². The summed E-state index contributed by atoms with van der Waals surface area (Å²) in [5.41, 5.74) is 0. The maximum atomic E-state index is 10.4. The van der Waals surface area contributed by atoms with Gasteiger partial charge in [-0.25, -0.2) is 0 Å². The van der Waals surface area contributed by atoms with Crippen LogP contribution in [0, 0.1) is 23.7 Å². The zero-order valence-corrected chi connectivity index (χ0v) is 22.4. The molecule has 0 aromatic rings. The molecule has 191 valence electrons. The van der Waals surface area contributed by atoms with Gasteiger partial charge in [0.05, 0.1) is 0 Å². The first kappa shape index (κ1) is 38.4. The molecule has 0 saturated heterocycles. The first-order valence-electron chi connectivity index (χ1n) is 10.5. The summed E-state index contributed by atoms with van der Waals surface area (Å²) >= 11 is 1.72. The second-order valence-corrected chi connectivity index (χ2v) is 7.88. The number of carboxylic acid groups (broad SMARTS) is 3. The van der Waals surface area contributed by atoms with Crippen molar-refractivity contribution in [3.05, 3.63) is 0 Å². The average molecular weight is 511 g/mol. The molecule has 10 nitrogen and oxygen atoms in total. The molecule has 0 spiro atoms. The molecule has 3 N–H and O–H groups in total. The summed E-state index contributed by atoms with van der Waals surface area (Å²) in [5, 5.41) is 25.0. The van der Waals surface area contributed by atoms with Crippen LogP contribution in [0.4, 0.5) is 0 Å². The van der Waals surface area contributed by atoms with Gasteiger partial charge >= 0.3 is 68.4 Å². The average Bonchev–Trinajstić information content (AvgIpc) is 2.62. The van der Waals surface area contributed by atoms with Crippen LogP contribution in [-0.2, 0) is 52.9 Å². The van der Waals surface area contributed by atoms with Crippen LogP contribution in [0.15, 0.2) is 0 Å². The Labute approximate surface area is 208 Å². The van der Waals surface area contributed by atoms with Crippen molar-refractivity contribution in [2.24, 2.45) is 23.7 Å². The van der Waals surface area contributed by atoms with E-state index < -0.39 is 35.7 Å². The largest absolute Gasteiger partial charge is 0.481 e. The van der Waals surface area contributed by atoms with E-state index in [1.807, 2.05) is 0 Å². The zero-order chi connectivity index (χ0) is 27.3. The van der Waals surface area contributed by atoms with Crippen LogP contribution in [0.3, 0.4) is 0 Å². The molecule has 0 fully saturated rings. The predicted octanol–water partition coefficient (Wildman–Crippen LogP) is 3.18. The number of carbonyl (C=O) groups is 6. The van der Waals surface area contributed by atoms with Gasteiger partial charge in [0.15, 0.2) is 0 Å². The number of Topliss-reactive ketones (excluding diaryl/α,β-unsaturated/α-hetero) is 3. The number of carbonyl (C=O) groups excluding carboxylic acids is 3. The minimum Gasteiger partial charge on any atom is -0.481 e. The van der Waals surface area contributed by atoms with E-state index in [1.54, 1.807) is 41.6 Å². The van der Waals surface area contributed by atoms with Gasteiger partial charge < -0.3 is 15.3 Å². The first-order valence-corrected chi connectivity index (χ1v) is 11.2. The second-order valence-electron chi connectivity index (χ2n) is 7.43. The third-order valence-electron chi connectivity index (χ3n) is 4.01. The molecule has 0 saturated carbocycles. The van der Waals surface area contributed by atoms with Gasteiger partial charge in [-0.05, 0) is 40.0 Å². The number of aliphatic carboxylic acids is 3. The monoisotopic (exact) mass is 511 g/mol. The molecule has 0 heterocycles. The quantitative estimate of drug-likeness (QED) is 0.276. The fourth-order valence-corrected chi connectivity index (χ4v) is 2.60. The Kier molecular flexibility index (Phi) is 27.0. The number of hydrogen-bond donors (Lipinski definition) is 3. The van der Waals surface area contributed by atoms with Gasteiger partial charge in [-0.1, -0.05) is 20.8 Å². The number of hydrogen-bond acceptors (Lipinski definition) is 7. The molecule has 0 rings (SSSR count). The zero-order valence-electron chi connectivity index (χ0n) is 20.8. The second kappa shape index (κ2) is 23.3. The van der Waals surface area contributed by atoms with Gasteiger partial charge in [-0.3, -0.25) is 28.8 Å². The molecule has 3 unspecified atom stereocenters. The van der Waals surface area contributed by atoms with E-state index in [4.69, 9.17) is 18.6 Å². The van der Waals surface area contributed by atoms with E-state index in [1.165, 1.54) is 20.8 Å². The number of carboxylic acids is 3. The minimum absolute atomic E-state index is 0.273.